The molecule has 8 heteroatoms. The topological polar surface area (TPSA) is 81.4 Å². The number of aromatic amines is 1. The molecular weight excluding hydrogens is 436 g/mol. The highest BCUT2D eigenvalue weighted by Crippen LogP contribution is 2.45. The Morgan fingerprint density at radius 2 is 2.12 bits per heavy atom. The van der Waals surface area contributed by atoms with Crippen LogP contribution >= 0.6 is 11.8 Å². The van der Waals surface area contributed by atoms with Crippen LogP contribution in [0.3, 0.4) is 0 Å². The molecule has 0 amide bonds. The molecule has 0 spiro atoms. The van der Waals surface area contributed by atoms with Crippen molar-refractivity contribution in [3.8, 4) is 0 Å². The first-order valence-electron chi connectivity index (χ1n) is 11.7. The summed E-state index contributed by atoms with van der Waals surface area (Å²) in [6.45, 7) is 7.47. The Labute approximate surface area is 195 Å². The number of hydrogen-bond donors (Lipinski definition) is 1. The summed E-state index contributed by atoms with van der Waals surface area (Å²) in [5.74, 6) is 0.663. The van der Waals surface area contributed by atoms with Gasteiger partial charge in [0, 0.05) is 18.7 Å². The van der Waals surface area contributed by atoms with E-state index in [1.165, 1.54) is 17.3 Å². The average molecular weight is 465 g/mol. The highest BCUT2D eigenvalue weighted by atomic mass is 32.2. The summed E-state index contributed by atoms with van der Waals surface area (Å²) in [7, 11) is 0. The largest absolute Gasteiger partial charge is 0.375 e. The molecule has 33 heavy (non-hydrogen) atoms. The van der Waals surface area contributed by atoms with E-state index in [-0.39, 0.29) is 28.0 Å². The minimum atomic E-state index is -0.374. The van der Waals surface area contributed by atoms with Crippen LogP contribution in [0.1, 0.15) is 68.0 Å². The van der Waals surface area contributed by atoms with E-state index in [9.17, 15) is 9.59 Å². The highest BCUT2D eigenvalue weighted by Gasteiger charge is 2.37. The molecule has 5 heterocycles. The number of pyridine rings is 1. The molecule has 1 saturated heterocycles. The molecule has 3 aromatic rings. The van der Waals surface area contributed by atoms with Gasteiger partial charge in [0.25, 0.3) is 11.1 Å². The Hall–Kier alpha value is -2.58. The Kier molecular flexibility index (Phi) is 4.75. The van der Waals surface area contributed by atoms with Gasteiger partial charge in [0.1, 0.15) is 0 Å². The molecule has 3 aliphatic heterocycles. The number of rotatable bonds is 2. The third kappa shape index (κ3) is 3.34. The first-order valence-corrected chi connectivity index (χ1v) is 12.6. The minimum Gasteiger partial charge on any atom is -0.375 e. The molecule has 0 aliphatic carbocycles. The third-order valence-electron chi connectivity index (χ3n) is 7.12. The number of aryl methyl sites for hydroxylation is 2. The van der Waals surface area contributed by atoms with Crippen LogP contribution in [0, 0.1) is 0 Å². The number of H-pyrrole nitrogens is 1. The van der Waals surface area contributed by atoms with Crippen LogP contribution in [-0.4, -0.2) is 31.6 Å². The first kappa shape index (κ1) is 21.0. The molecule has 1 aromatic carbocycles. The van der Waals surface area contributed by atoms with E-state index in [0.29, 0.717) is 30.1 Å². The van der Waals surface area contributed by atoms with Crippen LogP contribution in [0.5, 0.6) is 0 Å². The fourth-order valence-electron chi connectivity index (χ4n) is 5.69. The standard InChI is InChI=1S/C25H28N4O3S/c1-14-26-22-19(23(30)27-29(22)17-9-11-32-25(2,3)13-17)21(33-14)18-12-16-7-4-6-15-8-5-10-28(20(15)16)24(18)31/h4,6-7,12,17,21H,5,8-11,13H2,1-3H3,(H,27,30)/t17-,21+/m0/s1. The van der Waals surface area contributed by atoms with Gasteiger partial charge in [0.2, 0.25) is 0 Å². The lowest BCUT2D eigenvalue weighted by Gasteiger charge is -2.36. The maximum atomic E-state index is 13.7. The number of aliphatic imine (C=N–C) groups is 1. The van der Waals surface area contributed by atoms with Gasteiger partial charge >= 0.3 is 0 Å². The molecule has 1 fully saturated rings. The van der Waals surface area contributed by atoms with E-state index in [0.717, 1.165) is 41.6 Å². The summed E-state index contributed by atoms with van der Waals surface area (Å²) in [5, 5.41) is 4.61. The van der Waals surface area contributed by atoms with Crippen molar-refractivity contribution in [1.29, 1.82) is 0 Å². The minimum absolute atomic E-state index is 0.00662. The lowest BCUT2D eigenvalue weighted by Crippen LogP contribution is -2.35. The number of para-hydroxylation sites is 1. The fourth-order valence-corrected chi connectivity index (χ4v) is 6.79. The molecule has 0 saturated carbocycles. The van der Waals surface area contributed by atoms with Gasteiger partial charge in [-0.3, -0.25) is 19.4 Å². The zero-order valence-electron chi connectivity index (χ0n) is 19.2. The summed E-state index contributed by atoms with van der Waals surface area (Å²) >= 11 is 1.50. The second kappa shape index (κ2) is 7.46. The number of fused-ring (bicyclic) bond motifs is 1. The van der Waals surface area contributed by atoms with Crippen molar-refractivity contribution in [1.82, 2.24) is 14.3 Å². The zero-order chi connectivity index (χ0) is 22.9. The number of aromatic nitrogens is 3. The number of nitrogens with one attached hydrogen (secondary N) is 1. The normalized spacial score (nSPS) is 23.9. The molecule has 0 unspecified atom stereocenters. The number of nitrogens with zero attached hydrogens (tertiary/aromatic N) is 3. The molecule has 6 rings (SSSR count). The molecule has 2 atom stereocenters. The molecule has 2 aromatic heterocycles. The Bertz CT molecular complexity index is 1430. The lowest BCUT2D eigenvalue weighted by molar-refractivity contribution is -0.0705. The molecule has 7 nitrogen and oxygen atoms in total. The van der Waals surface area contributed by atoms with E-state index in [1.807, 2.05) is 22.2 Å². The van der Waals surface area contributed by atoms with Gasteiger partial charge in [-0.2, -0.15) is 0 Å². The summed E-state index contributed by atoms with van der Waals surface area (Å²) in [6, 6.07) is 8.34. The van der Waals surface area contributed by atoms with Gasteiger partial charge in [0.05, 0.1) is 33.0 Å². The van der Waals surface area contributed by atoms with Gasteiger partial charge in [-0.25, -0.2) is 4.99 Å². The van der Waals surface area contributed by atoms with Crippen LogP contribution in [-0.2, 0) is 17.7 Å². The highest BCUT2D eigenvalue weighted by molar-refractivity contribution is 8.14. The van der Waals surface area contributed by atoms with Crippen LogP contribution in [0.4, 0.5) is 5.82 Å². The predicted molar refractivity (Wildman–Crippen MR) is 132 cm³/mol. The van der Waals surface area contributed by atoms with Crippen LogP contribution in [0.15, 0.2) is 38.8 Å². The predicted octanol–water partition coefficient (Wildman–Crippen LogP) is 4.45. The fraction of sp³-hybridized carbons (Fsp3) is 0.480. The summed E-state index contributed by atoms with van der Waals surface area (Å²) in [4.78, 5) is 31.8. The van der Waals surface area contributed by atoms with E-state index in [1.54, 1.807) is 0 Å². The van der Waals surface area contributed by atoms with Gasteiger partial charge in [-0.1, -0.05) is 30.0 Å². The SMILES string of the molecule is CC1=Nc2c(c(=O)[nH]n2[C@H]2CCOC(C)(C)C2)[C@@H](c2cc3cccc4c3n(c2=O)CCC4)S1. The van der Waals surface area contributed by atoms with Crippen LogP contribution in [0.2, 0.25) is 0 Å². The number of benzene rings is 1. The Morgan fingerprint density at radius 3 is 2.94 bits per heavy atom. The van der Waals surface area contributed by atoms with E-state index < -0.39 is 0 Å². The Morgan fingerprint density at radius 1 is 1.27 bits per heavy atom. The molecule has 0 radical (unpaired) electrons. The number of hydrogen-bond acceptors (Lipinski definition) is 5. The zero-order valence-corrected chi connectivity index (χ0v) is 20.0. The van der Waals surface area contributed by atoms with Gasteiger partial charge in [0.15, 0.2) is 5.82 Å². The monoisotopic (exact) mass is 464 g/mol. The van der Waals surface area contributed by atoms with Gasteiger partial charge in [-0.05, 0) is 63.5 Å². The maximum absolute atomic E-state index is 13.7. The molecule has 1 N–H and O–H groups in total. The molecule has 0 bridgehead atoms. The molecule has 3 aliphatic rings. The number of thioether (sulfide) groups is 1. The Balaban J connectivity index is 1.53. The smallest absolute Gasteiger partial charge is 0.271 e. The maximum Gasteiger partial charge on any atom is 0.271 e. The van der Waals surface area contributed by atoms with Crippen molar-refractivity contribution in [2.45, 2.75) is 69.9 Å². The van der Waals surface area contributed by atoms with Gasteiger partial charge in [-0.15, -0.1) is 0 Å². The van der Waals surface area contributed by atoms with E-state index in [4.69, 9.17) is 9.73 Å². The van der Waals surface area contributed by atoms with Crippen LogP contribution < -0.4 is 11.1 Å². The average Bonchev–Trinajstić information content (AvgIpc) is 3.11. The van der Waals surface area contributed by atoms with Crippen molar-refractivity contribution >= 4 is 33.5 Å². The molecular formula is C25H28N4O3S. The quantitative estimate of drug-likeness (QED) is 0.607. The van der Waals surface area contributed by atoms with Crippen LogP contribution in [0.25, 0.3) is 10.9 Å². The van der Waals surface area contributed by atoms with Crippen molar-refractivity contribution in [3.63, 3.8) is 0 Å². The second-order valence-corrected chi connectivity index (χ2v) is 11.2. The number of ether oxygens (including phenoxy) is 1. The van der Waals surface area contributed by atoms with Crippen molar-refractivity contribution in [3.05, 3.63) is 61.7 Å². The summed E-state index contributed by atoms with van der Waals surface area (Å²) in [6.07, 6.45) is 3.56. The first-order chi connectivity index (χ1) is 15.8. The van der Waals surface area contributed by atoms with E-state index in [2.05, 4.69) is 37.1 Å². The van der Waals surface area contributed by atoms with Crippen molar-refractivity contribution in [2.24, 2.45) is 4.99 Å². The molecule has 172 valence electrons. The van der Waals surface area contributed by atoms with Crippen molar-refractivity contribution in [2.75, 3.05) is 6.61 Å². The second-order valence-electron chi connectivity index (χ2n) is 9.95. The van der Waals surface area contributed by atoms with E-state index >= 15 is 0 Å². The van der Waals surface area contributed by atoms with Crippen molar-refractivity contribution < 1.29 is 4.74 Å². The summed E-state index contributed by atoms with van der Waals surface area (Å²) < 4.78 is 9.73. The third-order valence-corrected chi connectivity index (χ3v) is 8.28. The van der Waals surface area contributed by atoms with Gasteiger partial charge < -0.3 is 9.30 Å². The summed E-state index contributed by atoms with van der Waals surface area (Å²) in [5.41, 5.74) is 3.12. The lowest BCUT2D eigenvalue weighted by atomic mass is 9.94.